The Bertz CT molecular complexity index is 1130. The average Bonchev–Trinajstić information content (AvgIpc) is 2.68. The zero-order valence-electron chi connectivity index (χ0n) is 14.0. The fourth-order valence-corrected chi connectivity index (χ4v) is 3.13. The van der Waals surface area contributed by atoms with Gasteiger partial charge in [0, 0.05) is 17.1 Å². The molecule has 0 atom stereocenters. The molecule has 4 rings (SSSR count). The summed E-state index contributed by atoms with van der Waals surface area (Å²) in [5.41, 5.74) is -0.0157. The number of nitrogens with zero attached hydrogens (tertiary/aromatic N) is 1. The molecule has 0 aliphatic heterocycles. The maximum Gasteiger partial charge on any atom is 2.00 e. The van der Waals surface area contributed by atoms with Crippen molar-refractivity contribution in [2.24, 2.45) is 0 Å². The predicted octanol–water partition coefficient (Wildman–Crippen LogP) is 3.12. The van der Waals surface area contributed by atoms with Crippen LogP contribution in [0.3, 0.4) is 0 Å². The summed E-state index contributed by atoms with van der Waals surface area (Å²) in [7, 11) is 0. The summed E-state index contributed by atoms with van der Waals surface area (Å²) in [5.74, 6) is -2.34. The summed E-state index contributed by atoms with van der Waals surface area (Å²) in [6, 6.07) is 14.0. The Kier molecular flexibility index (Phi) is 6.96. The SMILES string of the molecule is O=C([O-])c1cc2ccccc2c(Br)c1O.[Cu+2].[O-]c1ccc(F)c2cccnc12. The van der Waals surface area contributed by atoms with E-state index in [4.69, 9.17) is 0 Å². The summed E-state index contributed by atoms with van der Waals surface area (Å²) in [6.45, 7) is 0. The van der Waals surface area contributed by atoms with Crippen LogP contribution in [0.25, 0.3) is 21.7 Å². The number of carbonyl (C=O) groups is 1. The van der Waals surface area contributed by atoms with Crippen molar-refractivity contribution in [1.82, 2.24) is 4.98 Å². The first kappa shape index (κ1) is 21.6. The predicted molar refractivity (Wildman–Crippen MR) is 98.8 cm³/mol. The molecule has 1 N–H and O–H groups in total. The third-order valence-corrected chi connectivity index (χ3v) is 4.66. The summed E-state index contributed by atoms with van der Waals surface area (Å²) in [6.07, 6.45) is 1.48. The first-order valence-corrected chi connectivity index (χ1v) is 8.51. The number of carboxylic acids is 1. The van der Waals surface area contributed by atoms with Crippen molar-refractivity contribution in [1.29, 1.82) is 0 Å². The Balaban J connectivity index is 0.000000198. The van der Waals surface area contributed by atoms with Crippen LogP contribution in [0.4, 0.5) is 4.39 Å². The minimum atomic E-state index is -1.39. The molecule has 3 aromatic carbocycles. The summed E-state index contributed by atoms with van der Waals surface area (Å²) in [4.78, 5) is 14.5. The Morgan fingerprint density at radius 3 is 2.43 bits per heavy atom. The summed E-state index contributed by atoms with van der Waals surface area (Å²) in [5, 5.41) is 33.2. The van der Waals surface area contributed by atoms with E-state index >= 15 is 0 Å². The molecule has 1 aromatic heterocycles. The van der Waals surface area contributed by atoms with Crippen molar-refractivity contribution < 1.29 is 41.6 Å². The van der Waals surface area contributed by atoms with Gasteiger partial charge < -0.3 is 20.1 Å². The van der Waals surface area contributed by atoms with Gasteiger partial charge in [0.2, 0.25) is 0 Å². The number of aromatic hydroxyl groups is 1. The fraction of sp³-hybridized carbons (Fsp3) is 0. The van der Waals surface area contributed by atoms with Gasteiger partial charge in [-0.1, -0.05) is 36.1 Å². The number of halogens is 2. The first-order valence-electron chi connectivity index (χ1n) is 7.72. The first-order chi connectivity index (χ1) is 12.9. The fourth-order valence-electron chi connectivity index (χ4n) is 2.56. The number of fused-ring (bicyclic) bond motifs is 2. The molecule has 28 heavy (non-hydrogen) atoms. The van der Waals surface area contributed by atoms with Crippen LogP contribution in [0.2, 0.25) is 0 Å². The van der Waals surface area contributed by atoms with Crippen molar-refractivity contribution >= 4 is 43.6 Å². The number of rotatable bonds is 1. The van der Waals surface area contributed by atoms with Gasteiger partial charge in [0.15, 0.2) is 0 Å². The Morgan fingerprint density at radius 2 is 1.75 bits per heavy atom. The summed E-state index contributed by atoms with van der Waals surface area (Å²) < 4.78 is 13.4. The third-order valence-electron chi connectivity index (χ3n) is 3.86. The van der Waals surface area contributed by atoms with Gasteiger partial charge in [-0.3, -0.25) is 4.98 Å². The monoisotopic (exact) mass is 490 g/mol. The molecule has 8 heteroatoms. The normalized spacial score (nSPS) is 10.1. The van der Waals surface area contributed by atoms with Crippen LogP contribution in [0.15, 0.2) is 65.3 Å². The van der Waals surface area contributed by atoms with E-state index < -0.39 is 11.8 Å². The van der Waals surface area contributed by atoms with Gasteiger partial charge in [-0.05, 0) is 51.0 Å². The molecule has 0 spiro atoms. The Hall–Kier alpha value is -2.67. The zero-order chi connectivity index (χ0) is 19.6. The smallest absolute Gasteiger partial charge is 0.871 e. The van der Waals surface area contributed by atoms with Gasteiger partial charge in [-0.15, -0.1) is 0 Å². The Morgan fingerprint density at radius 1 is 1.07 bits per heavy atom. The van der Waals surface area contributed by atoms with Crippen molar-refractivity contribution in [3.63, 3.8) is 0 Å². The molecule has 0 unspecified atom stereocenters. The van der Waals surface area contributed by atoms with E-state index in [-0.39, 0.29) is 45.0 Å². The molecule has 0 aliphatic carbocycles. The molecule has 5 nitrogen and oxygen atoms in total. The minimum absolute atomic E-state index is 0. The van der Waals surface area contributed by atoms with Crippen molar-refractivity contribution in [2.75, 3.05) is 0 Å². The maximum absolute atomic E-state index is 13.0. The van der Waals surface area contributed by atoms with Crippen LogP contribution < -0.4 is 10.2 Å². The second kappa shape index (κ2) is 9.01. The number of hydrogen-bond donors (Lipinski definition) is 1. The van der Waals surface area contributed by atoms with Crippen LogP contribution in [0.5, 0.6) is 11.5 Å². The number of pyridine rings is 1. The topological polar surface area (TPSA) is 96.3 Å². The number of carbonyl (C=O) groups excluding carboxylic acids is 1. The minimum Gasteiger partial charge on any atom is -0.871 e. The standard InChI is InChI=1S/C11H7BrO3.C9H6FNO.Cu/c12-9-7-4-2-1-3-6(7)5-8(10(9)13)11(14)15;10-7-3-4-8(12)9-6(7)2-1-5-11-9;/h1-5,13H,(H,14,15);1-5,12H;/q;;+2/p-2. The molecule has 0 saturated heterocycles. The molecular weight excluding hydrogens is 481 g/mol. The van der Waals surface area contributed by atoms with Crippen LogP contribution in [0, 0.1) is 5.82 Å². The molecule has 1 radical (unpaired) electrons. The van der Waals surface area contributed by atoms with Gasteiger partial charge >= 0.3 is 17.1 Å². The molecule has 4 aromatic rings. The number of benzene rings is 3. The van der Waals surface area contributed by atoms with Crippen LogP contribution >= 0.6 is 15.9 Å². The Labute approximate surface area is 178 Å². The van der Waals surface area contributed by atoms with Crippen molar-refractivity contribution in [3.05, 3.63) is 76.6 Å². The number of hydrogen-bond acceptors (Lipinski definition) is 5. The molecule has 0 aliphatic rings. The molecule has 0 bridgehead atoms. The number of aromatic nitrogens is 1. The van der Waals surface area contributed by atoms with Crippen LogP contribution in [-0.2, 0) is 17.1 Å². The second-order valence-corrected chi connectivity index (χ2v) is 6.33. The van der Waals surface area contributed by atoms with Crippen LogP contribution in [0.1, 0.15) is 10.4 Å². The largest absolute Gasteiger partial charge is 2.00 e. The maximum atomic E-state index is 13.0. The van der Waals surface area contributed by atoms with E-state index in [1.165, 1.54) is 18.3 Å². The van der Waals surface area contributed by atoms with E-state index in [9.17, 15) is 24.5 Å². The molecule has 1 heterocycles. The van der Waals surface area contributed by atoms with Gasteiger partial charge in [0.25, 0.3) is 0 Å². The van der Waals surface area contributed by atoms with Crippen molar-refractivity contribution in [2.45, 2.75) is 0 Å². The molecule has 0 fully saturated rings. The van der Waals surface area contributed by atoms with Crippen molar-refractivity contribution in [3.8, 4) is 11.5 Å². The molecule has 145 valence electrons. The number of carboxylic acid groups (broad SMARTS) is 1. The van der Waals surface area contributed by atoms with Gasteiger partial charge in [0.05, 0.1) is 16.0 Å². The van der Waals surface area contributed by atoms with E-state index in [2.05, 4.69) is 20.9 Å². The van der Waals surface area contributed by atoms with Gasteiger partial charge in [0.1, 0.15) is 11.6 Å². The van der Waals surface area contributed by atoms with E-state index in [0.29, 0.717) is 4.47 Å². The zero-order valence-corrected chi connectivity index (χ0v) is 16.5. The quantitative estimate of drug-likeness (QED) is 0.413. The average molecular weight is 492 g/mol. The molecular formula is C20H11BrCuFNO4. The third kappa shape index (κ3) is 4.25. The van der Waals surface area contributed by atoms with E-state index in [1.807, 2.05) is 6.07 Å². The number of phenols is 1. The summed E-state index contributed by atoms with van der Waals surface area (Å²) >= 11 is 3.16. The molecule has 0 amide bonds. The second-order valence-electron chi connectivity index (χ2n) is 5.54. The number of aromatic carboxylic acids is 1. The van der Waals surface area contributed by atoms with E-state index in [1.54, 1.807) is 30.3 Å². The van der Waals surface area contributed by atoms with Gasteiger partial charge in [-0.25, -0.2) is 4.39 Å². The molecule has 0 saturated carbocycles. The van der Waals surface area contributed by atoms with E-state index in [0.717, 1.165) is 16.8 Å². The van der Waals surface area contributed by atoms with Gasteiger partial charge in [-0.2, -0.15) is 0 Å². The van der Waals surface area contributed by atoms with Crippen LogP contribution in [-0.4, -0.2) is 16.1 Å².